The lowest BCUT2D eigenvalue weighted by Crippen LogP contribution is -2.55. The second-order valence-electron chi connectivity index (χ2n) is 12.5. The molecule has 0 spiro atoms. The molecule has 9 nitrogen and oxygen atoms in total. The topological polar surface area (TPSA) is 83.1 Å². The molecule has 1 rings (SSSR count). The molecule has 2 unspecified atom stereocenters. The van der Waals surface area contributed by atoms with E-state index in [1.165, 1.54) is 12.5 Å². The molecule has 0 aliphatic carbocycles. The van der Waals surface area contributed by atoms with E-state index in [9.17, 15) is 0 Å². The van der Waals surface area contributed by atoms with Gasteiger partial charge in [-0.1, -0.05) is 19.1 Å². The van der Waals surface area contributed by atoms with Crippen LogP contribution < -0.4 is 0 Å². The van der Waals surface area contributed by atoms with Crippen molar-refractivity contribution in [1.82, 2.24) is 0 Å². The minimum Gasteiger partial charge on any atom is -0.591 e. The van der Waals surface area contributed by atoms with Crippen LogP contribution in [-0.4, -0.2) is 102 Å². The third kappa shape index (κ3) is 21.0. The van der Waals surface area contributed by atoms with Crippen molar-refractivity contribution >= 4 is 95.0 Å². The average molecular weight is 726 g/mol. The highest BCUT2D eigenvalue weighted by Crippen LogP contribution is 2.25. The first-order valence-electron chi connectivity index (χ1n) is 14.1. The summed E-state index contributed by atoms with van der Waals surface area (Å²) in [5.74, 6) is 0. The summed E-state index contributed by atoms with van der Waals surface area (Å²) >= 11 is 0. The number of hydrogen-bond donors (Lipinski definition) is 0. The lowest BCUT2D eigenvalue weighted by molar-refractivity contribution is 0.219. The molecule has 0 amide bonds. The van der Waals surface area contributed by atoms with E-state index in [0.29, 0.717) is 0 Å². The minimum atomic E-state index is -2.25. The zero-order valence-corrected chi connectivity index (χ0v) is 38.5. The Labute approximate surface area is 254 Å². The third-order valence-corrected chi connectivity index (χ3v) is 36.7. The minimum absolute atomic E-state index is 0.213. The fourth-order valence-electron chi connectivity index (χ4n) is 4.82. The molecule has 2 atom stereocenters. The summed E-state index contributed by atoms with van der Waals surface area (Å²) in [6.07, 6.45) is 6.08. The van der Waals surface area contributed by atoms with Gasteiger partial charge in [0.15, 0.2) is 18.4 Å². The normalized spacial score (nSPS) is 23.6. The van der Waals surface area contributed by atoms with Crippen molar-refractivity contribution < 1.29 is 37.3 Å². The predicted octanol–water partition coefficient (Wildman–Crippen LogP) is 4.25. The van der Waals surface area contributed by atoms with Crippen molar-refractivity contribution in [1.29, 1.82) is 0 Å². The molecule has 1 heterocycles. The molecular formula is C20H60O9Si10. The van der Waals surface area contributed by atoms with Crippen LogP contribution in [0.3, 0.4) is 0 Å². The van der Waals surface area contributed by atoms with Crippen molar-refractivity contribution in [2.45, 2.75) is 117 Å². The van der Waals surface area contributed by atoms with E-state index in [2.05, 4.69) is 97.8 Å². The number of hydrogen-bond acceptors (Lipinski definition) is 9. The molecular weight excluding hydrogens is 665 g/mol. The smallest absolute Gasteiger partial charge is 0.355 e. The summed E-state index contributed by atoms with van der Waals surface area (Å²) < 4.78 is 54.8. The average Bonchev–Trinajstić information content (AvgIpc) is 2.62. The maximum Gasteiger partial charge on any atom is 0.355 e. The van der Waals surface area contributed by atoms with E-state index >= 15 is 0 Å². The van der Waals surface area contributed by atoms with Gasteiger partial charge in [0.2, 0.25) is 0 Å². The Bertz CT molecular complexity index is 726. The standard InChI is InChI=1S/C11H30O4Si4.C9H30O5Si6/c1-16-11-9-8-10-12-17(2,3)14-19(6,7)15-18(4,5)13-16;1-15-10-17(3)12-19(6,7)14-20(8,9)13-18(4,5)11-16-2/h16H,8-11H2,1-7H3;15,17H,1,16H2,2-9H3. The van der Waals surface area contributed by atoms with Crippen LogP contribution in [0.4, 0.5) is 0 Å². The zero-order valence-electron chi connectivity index (χ0n) is 27.6. The highest BCUT2D eigenvalue weighted by molar-refractivity contribution is 6.87. The van der Waals surface area contributed by atoms with E-state index in [1.807, 2.05) is 6.55 Å². The summed E-state index contributed by atoms with van der Waals surface area (Å²) in [5, 5.41) is 0. The van der Waals surface area contributed by atoms with Crippen LogP contribution in [0.25, 0.3) is 0 Å². The molecule has 1 aliphatic rings. The Morgan fingerprint density at radius 1 is 0.846 bits per heavy atom. The maximum absolute atomic E-state index is 6.33. The van der Waals surface area contributed by atoms with E-state index in [4.69, 9.17) is 37.3 Å². The predicted molar refractivity (Wildman–Crippen MR) is 188 cm³/mol. The highest BCUT2D eigenvalue weighted by atomic mass is 28.5. The molecule has 0 aromatic rings. The van der Waals surface area contributed by atoms with Gasteiger partial charge >= 0.3 is 60.6 Å². The lowest BCUT2D eigenvalue weighted by Gasteiger charge is -2.39. The van der Waals surface area contributed by atoms with E-state index in [0.717, 1.165) is 13.0 Å². The highest BCUT2D eigenvalue weighted by Gasteiger charge is 2.43. The fraction of sp³-hybridized carbons (Fsp3) is 0.950. The second-order valence-corrected chi connectivity index (χ2v) is 41.2. The summed E-state index contributed by atoms with van der Waals surface area (Å²) in [6, 6.07) is 1.22. The van der Waals surface area contributed by atoms with Crippen molar-refractivity contribution in [3.05, 3.63) is 0 Å². The molecule has 234 valence electrons. The molecule has 0 N–H and O–H groups in total. The van der Waals surface area contributed by atoms with Crippen LogP contribution in [0, 0.1) is 0 Å². The van der Waals surface area contributed by atoms with Crippen LogP contribution in [0.15, 0.2) is 0 Å². The first-order valence-corrected chi connectivity index (χ1v) is 38.9. The molecule has 0 bridgehead atoms. The zero-order chi connectivity index (χ0) is 30.8. The fourth-order valence-corrected chi connectivity index (χ4v) is 40.7. The van der Waals surface area contributed by atoms with Gasteiger partial charge in [-0.3, -0.25) is 0 Å². The Morgan fingerprint density at radius 2 is 1.38 bits per heavy atom. The summed E-state index contributed by atoms with van der Waals surface area (Å²) in [5.41, 5.74) is 0. The van der Waals surface area contributed by atoms with Gasteiger partial charge in [0.05, 0.1) is 0 Å². The molecule has 1 aliphatic heterocycles. The quantitative estimate of drug-likeness (QED) is 0.308. The van der Waals surface area contributed by atoms with Gasteiger partial charge in [-0.05, 0) is 104 Å². The lowest BCUT2D eigenvalue weighted by atomic mass is 10.4. The van der Waals surface area contributed by atoms with E-state index in [1.54, 1.807) is 0 Å². The van der Waals surface area contributed by atoms with Crippen molar-refractivity contribution in [2.24, 2.45) is 0 Å². The van der Waals surface area contributed by atoms with Crippen LogP contribution >= 0.6 is 0 Å². The Hall–Kier alpha value is 1.52. The summed E-state index contributed by atoms with van der Waals surface area (Å²) in [6.45, 7) is 32.4. The number of rotatable bonds is 10. The molecule has 1 fully saturated rings. The van der Waals surface area contributed by atoms with Crippen molar-refractivity contribution in [3.8, 4) is 0 Å². The Balaban J connectivity index is 0.000000741. The van der Waals surface area contributed by atoms with Gasteiger partial charge in [0.25, 0.3) is 0 Å². The second kappa shape index (κ2) is 17.1. The maximum atomic E-state index is 6.33. The van der Waals surface area contributed by atoms with Gasteiger partial charge in [0.1, 0.15) is 9.76 Å². The first-order chi connectivity index (χ1) is 17.4. The van der Waals surface area contributed by atoms with Gasteiger partial charge in [-0.2, -0.15) is 0 Å². The summed E-state index contributed by atoms with van der Waals surface area (Å²) in [7, 11) is -16.2. The third-order valence-electron chi connectivity index (χ3n) is 5.14. The first kappa shape index (κ1) is 40.5. The molecule has 1 saturated heterocycles. The summed E-state index contributed by atoms with van der Waals surface area (Å²) in [4.78, 5) is 0. The Morgan fingerprint density at radius 3 is 1.92 bits per heavy atom. The molecule has 0 aromatic heterocycles. The molecule has 0 radical (unpaired) electrons. The monoisotopic (exact) mass is 724 g/mol. The SMILES string of the molecule is C=[SiH]O[SiH](C)O[Si](C)(C)O[Si](C)(C)O[Si](C)(C)O[SiH2]C.C[SiH]1CCCCO[Si](C)(C)O[Si](C)(C)O[Si](C)(C)O1. The van der Waals surface area contributed by atoms with E-state index in [-0.39, 0.29) is 9.38 Å². The molecule has 0 aromatic carbocycles. The molecule has 19 heteroatoms. The van der Waals surface area contributed by atoms with Crippen LogP contribution in [-0.2, 0) is 37.3 Å². The van der Waals surface area contributed by atoms with E-state index < -0.39 is 79.5 Å². The Kier molecular flexibility index (Phi) is 17.8. The van der Waals surface area contributed by atoms with Gasteiger partial charge < -0.3 is 37.3 Å². The molecule has 0 saturated carbocycles. The van der Waals surface area contributed by atoms with Crippen molar-refractivity contribution in [2.75, 3.05) is 6.61 Å². The molecule has 39 heavy (non-hydrogen) atoms. The van der Waals surface area contributed by atoms with Crippen LogP contribution in [0.5, 0.6) is 0 Å². The van der Waals surface area contributed by atoms with Gasteiger partial charge in [0, 0.05) is 6.61 Å². The van der Waals surface area contributed by atoms with Gasteiger partial charge in [-0.15, -0.1) is 0 Å². The largest absolute Gasteiger partial charge is 0.591 e. The van der Waals surface area contributed by atoms with Crippen LogP contribution in [0.2, 0.25) is 104 Å². The van der Waals surface area contributed by atoms with Crippen molar-refractivity contribution in [3.63, 3.8) is 0 Å². The van der Waals surface area contributed by atoms with Gasteiger partial charge in [-0.25, -0.2) is 0 Å². The van der Waals surface area contributed by atoms with Crippen LogP contribution in [0.1, 0.15) is 12.8 Å².